The van der Waals surface area contributed by atoms with Gasteiger partial charge < -0.3 is 9.26 Å². The van der Waals surface area contributed by atoms with Gasteiger partial charge >= 0.3 is 0 Å². The number of ketones is 1. The number of ether oxygens (including phenoxy) is 1. The Morgan fingerprint density at radius 2 is 2.19 bits per heavy atom. The van der Waals surface area contributed by atoms with Gasteiger partial charge in [0.2, 0.25) is 0 Å². The average molecular weight is 322 g/mol. The molecule has 0 radical (unpaired) electrons. The monoisotopic (exact) mass is 321 g/mol. The Balaban J connectivity index is 1.79. The molecule has 6 heteroatoms. The number of carbonyl (C=O) groups excluding carboxylic acids is 1. The second kappa shape index (κ2) is 5.07. The van der Waals surface area contributed by atoms with Crippen LogP contribution in [0.2, 0.25) is 5.02 Å². The number of rotatable bonds is 3. The van der Waals surface area contributed by atoms with Gasteiger partial charge in [0.05, 0.1) is 28.3 Å². The minimum Gasteiger partial charge on any atom is -0.490 e. The molecule has 0 unspecified atom stereocenters. The maximum atomic E-state index is 12.8. The van der Waals surface area contributed by atoms with Gasteiger partial charge in [-0.1, -0.05) is 16.8 Å². The summed E-state index contributed by atoms with van der Waals surface area (Å²) < 4.78 is 10.9. The highest BCUT2D eigenvalue weighted by molar-refractivity contribution is 7.99. The molecule has 1 fully saturated rings. The molecule has 0 spiro atoms. The van der Waals surface area contributed by atoms with Gasteiger partial charge in [0.25, 0.3) is 0 Å². The number of hydrogen-bond acceptors (Lipinski definition) is 5. The first-order valence-electron chi connectivity index (χ1n) is 6.83. The van der Waals surface area contributed by atoms with Gasteiger partial charge in [-0.3, -0.25) is 4.79 Å². The molecule has 0 atom stereocenters. The second-order valence-corrected chi connectivity index (χ2v) is 6.67. The molecule has 2 aromatic rings. The van der Waals surface area contributed by atoms with E-state index >= 15 is 0 Å². The standard InChI is InChI=1S/C15H12ClNO3S/c16-11-4-3-9(15-14(11)19-5-6-21-15)12(18)10-7-17-20-13(10)8-1-2-8/h3-4,7-8H,1-2,5-6H2. The Morgan fingerprint density at radius 1 is 1.33 bits per heavy atom. The minimum atomic E-state index is -0.0657. The Kier molecular flexibility index (Phi) is 3.19. The van der Waals surface area contributed by atoms with Gasteiger partial charge in [0.1, 0.15) is 0 Å². The van der Waals surface area contributed by atoms with Gasteiger partial charge in [0, 0.05) is 17.2 Å². The number of carbonyl (C=O) groups is 1. The predicted octanol–water partition coefficient (Wildman–Crippen LogP) is 3.92. The number of thioether (sulfide) groups is 1. The van der Waals surface area contributed by atoms with E-state index in [0.717, 1.165) is 23.5 Å². The lowest BCUT2D eigenvalue weighted by Gasteiger charge is -2.20. The Labute approximate surface area is 130 Å². The molecule has 1 saturated carbocycles. The number of aromatic nitrogens is 1. The molecular weight excluding hydrogens is 310 g/mol. The number of fused-ring (bicyclic) bond motifs is 1. The van der Waals surface area contributed by atoms with Crippen LogP contribution in [0.1, 0.15) is 40.4 Å². The van der Waals surface area contributed by atoms with Gasteiger partial charge in [-0.15, -0.1) is 11.8 Å². The minimum absolute atomic E-state index is 0.0657. The Hall–Kier alpha value is -1.46. The second-order valence-electron chi connectivity index (χ2n) is 5.16. The summed E-state index contributed by atoms with van der Waals surface area (Å²) in [6, 6.07) is 3.47. The quantitative estimate of drug-likeness (QED) is 0.802. The molecule has 4 nitrogen and oxygen atoms in total. The van der Waals surface area contributed by atoms with E-state index in [1.165, 1.54) is 6.20 Å². The zero-order chi connectivity index (χ0) is 14.4. The maximum Gasteiger partial charge on any atom is 0.199 e. The van der Waals surface area contributed by atoms with Crippen molar-refractivity contribution in [3.8, 4) is 5.75 Å². The van der Waals surface area contributed by atoms with Crippen molar-refractivity contribution < 1.29 is 14.1 Å². The summed E-state index contributed by atoms with van der Waals surface area (Å²) in [4.78, 5) is 13.7. The molecular formula is C15H12ClNO3S. The molecule has 0 saturated heterocycles. The van der Waals surface area contributed by atoms with E-state index in [2.05, 4.69) is 5.16 Å². The van der Waals surface area contributed by atoms with E-state index in [4.69, 9.17) is 20.9 Å². The van der Waals surface area contributed by atoms with Crippen molar-refractivity contribution in [1.82, 2.24) is 5.16 Å². The molecule has 0 amide bonds. The van der Waals surface area contributed by atoms with Crippen molar-refractivity contribution in [2.24, 2.45) is 0 Å². The van der Waals surface area contributed by atoms with Crippen LogP contribution in [-0.4, -0.2) is 23.3 Å². The molecule has 1 aliphatic carbocycles. The van der Waals surface area contributed by atoms with Crippen LogP contribution in [0.15, 0.2) is 27.7 Å². The zero-order valence-corrected chi connectivity index (χ0v) is 12.7. The lowest BCUT2D eigenvalue weighted by atomic mass is 10.0. The predicted molar refractivity (Wildman–Crippen MR) is 79.6 cm³/mol. The van der Waals surface area contributed by atoms with Crippen LogP contribution in [0, 0.1) is 0 Å². The van der Waals surface area contributed by atoms with Crippen LogP contribution in [0.3, 0.4) is 0 Å². The first-order valence-corrected chi connectivity index (χ1v) is 8.19. The van der Waals surface area contributed by atoms with E-state index < -0.39 is 0 Å². The molecule has 2 heterocycles. The SMILES string of the molecule is O=C(c1cnoc1C1CC1)c1ccc(Cl)c2c1SCCO2. The van der Waals surface area contributed by atoms with Crippen LogP contribution >= 0.6 is 23.4 Å². The number of benzene rings is 1. The summed E-state index contributed by atoms with van der Waals surface area (Å²) in [7, 11) is 0. The number of hydrogen-bond donors (Lipinski definition) is 0. The third-order valence-electron chi connectivity index (χ3n) is 3.68. The van der Waals surface area contributed by atoms with E-state index in [9.17, 15) is 4.79 Å². The summed E-state index contributed by atoms with van der Waals surface area (Å²) >= 11 is 7.76. The van der Waals surface area contributed by atoms with Gasteiger partial charge in [-0.05, 0) is 25.0 Å². The molecule has 21 heavy (non-hydrogen) atoms. The highest BCUT2D eigenvalue weighted by atomic mass is 35.5. The van der Waals surface area contributed by atoms with Crippen molar-refractivity contribution in [3.63, 3.8) is 0 Å². The normalized spacial score (nSPS) is 17.2. The van der Waals surface area contributed by atoms with E-state index in [0.29, 0.717) is 40.2 Å². The van der Waals surface area contributed by atoms with E-state index in [-0.39, 0.29) is 5.78 Å². The Morgan fingerprint density at radius 3 is 3.00 bits per heavy atom. The maximum absolute atomic E-state index is 12.8. The lowest BCUT2D eigenvalue weighted by Crippen LogP contribution is -2.12. The summed E-state index contributed by atoms with van der Waals surface area (Å²) in [6.07, 6.45) is 3.64. The number of halogens is 1. The third-order valence-corrected chi connectivity index (χ3v) is 5.04. The van der Waals surface area contributed by atoms with Gasteiger partial charge in [-0.2, -0.15) is 0 Å². The fraction of sp³-hybridized carbons (Fsp3) is 0.333. The lowest BCUT2D eigenvalue weighted by molar-refractivity contribution is 0.103. The first kappa shape index (κ1) is 13.2. The molecule has 108 valence electrons. The van der Waals surface area contributed by atoms with Crippen LogP contribution in [0.5, 0.6) is 5.75 Å². The van der Waals surface area contributed by atoms with Crippen molar-refractivity contribution in [2.75, 3.05) is 12.4 Å². The molecule has 1 aliphatic heterocycles. The summed E-state index contributed by atoms with van der Waals surface area (Å²) in [6.45, 7) is 0.607. The van der Waals surface area contributed by atoms with Gasteiger partial charge in [-0.25, -0.2) is 0 Å². The molecule has 1 aromatic heterocycles. The zero-order valence-electron chi connectivity index (χ0n) is 11.1. The molecule has 0 bridgehead atoms. The van der Waals surface area contributed by atoms with Crippen LogP contribution in [0.4, 0.5) is 0 Å². The highest BCUT2D eigenvalue weighted by Gasteiger charge is 2.34. The molecule has 0 N–H and O–H groups in total. The third kappa shape index (κ3) is 2.24. The van der Waals surface area contributed by atoms with Crippen molar-refractivity contribution in [2.45, 2.75) is 23.7 Å². The summed E-state index contributed by atoms with van der Waals surface area (Å²) in [5, 5.41) is 4.34. The summed E-state index contributed by atoms with van der Waals surface area (Å²) in [5.41, 5.74) is 1.18. The largest absolute Gasteiger partial charge is 0.490 e. The van der Waals surface area contributed by atoms with Crippen LogP contribution in [-0.2, 0) is 0 Å². The Bertz CT molecular complexity index is 724. The van der Waals surface area contributed by atoms with E-state index in [1.54, 1.807) is 23.9 Å². The molecule has 4 rings (SSSR count). The molecule has 1 aromatic carbocycles. The van der Waals surface area contributed by atoms with Crippen molar-refractivity contribution in [1.29, 1.82) is 0 Å². The van der Waals surface area contributed by atoms with E-state index in [1.807, 2.05) is 0 Å². The van der Waals surface area contributed by atoms with Gasteiger partial charge in [0.15, 0.2) is 17.3 Å². The number of nitrogens with zero attached hydrogens (tertiary/aromatic N) is 1. The topological polar surface area (TPSA) is 52.3 Å². The molecule has 2 aliphatic rings. The average Bonchev–Trinajstić information content (AvgIpc) is 3.24. The van der Waals surface area contributed by atoms with Crippen LogP contribution < -0.4 is 4.74 Å². The highest BCUT2D eigenvalue weighted by Crippen LogP contribution is 2.44. The van der Waals surface area contributed by atoms with Crippen LogP contribution in [0.25, 0.3) is 0 Å². The first-order chi connectivity index (χ1) is 10.3. The summed E-state index contributed by atoms with van der Waals surface area (Å²) in [5.74, 6) is 2.42. The van der Waals surface area contributed by atoms with Crippen molar-refractivity contribution in [3.05, 3.63) is 40.2 Å². The smallest absolute Gasteiger partial charge is 0.199 e. The van der Waals surface area contributed by atoms with Crippen molar-refractivity contribution >= 4 is 29.1 Å². The fourth-order valence-corrected chi connectivity index (χ4v) is 3.74. The fourth-order valence-electron chi connectivity index (χ4n) is 2.49.